The largest absolute Gasteiger partial charge is 0.477 e. The maximum atomic E-state index is 11.5. The van der Waals surface area contributed by atoms with E-state index in [0.29, 0.717) is 29.5 Å². The fourth-order valence-corrected chi connectivity index (χ4v) is 3.23. The van der Waals surface area contributed by atoms with Gasteiger partial charge in [0.1, 0.15) is 0 Å². The fourth-order valence-electron chi connectivity index (χ4n) is 3.01. The smallest absolute Gasteiger partial charge is 0.249 e. The Balaban J connectivity index is 1.77. The Bertz CT molecular complexity index is 1030. The lowest BCUT2D eigenvalue weighted by Crippen LogP contribution is -2.13. The predicted octanol–water partition coefficient (Wildman–Crippen LogP) is 3.51. The molecule has 3 aromatic rings. The van der Waals surface area contributed by atoms with Gasteiger partial charge >= 0.3 is 0 Å². The minimum Gasteiger partial charge on any atom is -0.477 e. The number of hydrogen-bond acceptors (Lipinski definition) is 5. The van der Waals surface area contributed by atoms with Crippen LogP contribution < -0.4 is 16.2 Å². The number of anilines is 1. The number of benzene rings is 2. The number of nitrogen functional groups attached to an aromatic ring is 1. The normalized spacial score (nSPS) is 13.7. The van der Waals surface area contributed by atoms with Crippen LogP contribution in [0, 0.1) is 5.92 Å². The van der Waals surface area contributed by atoms with Gasteiger partial charge in [0, 0.05) is 11.4 Å². The first-order chi connectivity index (χ1) is 13.0. The molecular weight excluding hydrogens is 364 g/mol. The molecule has 1 fully saturated rings. The first kappa shape index (κ1) is 17.5. The van der Waals surface area contributed by atoms with E-state index in [-0.39, 0.29) is 11.8 Å². The number of carbonyl (C=O) groups is 1. The lowest BCUT2D eigenvalue weighted by molar-refractivity contribution is 0.0999. The number of aromatic nitrogens is 2. The summed E-state index contributed by atoms with van der Waals surface area (Å²) in [5.41, 5.74) is 14.9. The SMILES string of the molecule is NC(=O)c1ccc(-c2ccc3nc(N)nc(OCC4CC4)c3c2)cc1CCl. The van der Waals surface area contributed by atoms with E-state index >= 15 is 0 Å². The summed E-state index contributed by atoms with van der Waals surface area (Å²) in [5, 5.41) is 0.800. The van der Waals surface area contributed by atoms with Crippen LogP contribution in [0.1, 0.15) is 28.8 Å². The maximum absolute atomic E-state index is 11.5. The molecule has 0 spiro atoms. The molecule has 1 saturated carbocycles. The molecule has 0 saturated heterocycles. The van der Waals surface area contributed by atoms with Crippen LogP contribution >= 0.6 is 11.6 Å². The summed E-state index contributed by atoms with van der Waals surface area (Å²) in [6.45, 7) is 0.638. The van der Waals surface area contributed by atoms with Crippen molar-refractivity contribution in [3.05, 3.63) is 47.5 Å². The molecule has 0 aliphatic heterocycles. The van der Waals surface area contributed by atoms with Gasteiger partial charge in [-0.05, 0) is 59.7 Å². The van der Waals surface area contributed by atoms with Crippen LogP contribution in [0.4, 0.5) is 5.95 Å². The summed E-state index contributed by atoms with van der Waals surface area (Å²) in [4.78, 5) is 20.1. The minimum absolute atomic E-state index is 0.191. The molecule has 27 heavy (non-hydrogen) atoms. The van der Waals surface area contributed by atoms with Crippen molar-refractivity contribution in [1.82, 2.24) is 9.97 Å². The van der Waals surface area contributed by atoms with Gasteiger partial charge < -0.3 is 16.2 Å². The molecule has 4 N–H and O–H groups in total. The van der Waals surface area contributed by atoms with Gasteiger partial charge in [-0.15, -0.1) is 11.6 Å². The highest BCUT2D eigenvalue weighted by Gasteiger charge is 2.23. The van der Waals surface area contributed by atoms with Gasteiger partial charge in [0.05, 0.1) is 17.5 Å². The summed E-state index contributed by atoms with van der Waals surface area (Å²) < 4.78 is 5.90. The van der Waals surface area contributed by atoms with Gasteiger partial charge in [0.2, 0.25) is 17.7 Å². The van der Waals surface area contributed by atoms with Crippen molar-refractivity contribution in [2.75, 3.05) is 12.3 Å². The Kier molecular flexibility index (Phi) is 4.58. The van der Waals surface area contributed by atoms with Crippen LogP contribution in [0.2, 0.25) is 0 Å². The maximum Gasteiger partial charge on any atom is 0.249 e. The second-order valence-corrected chi connectivity index (χ2v) is 7.01. The number of primary amides is 1. The van der Waals surface area contributed by atoms with Crippen molar-refractivity contribution in [2.24, 2.45) is 11.7 Å². The Hall–Kier alpha value is -2.86. The molecule has 0 atom stereocenters. The average Bonchev–Trinajstić information content (AvgIpc) is 3.49. The lowest BCUT2D eigenvalue weighted by atomic mass is 9.98. The zero-order valence-corrected chi connectivity index (χ0v) is 15.4. The van der Waals surface area contributed by atoms with Crippen molar-refractivity contribution in [2.45, 2.75) is 18.7 Å². The second-order valence-electron chi connectivity index (χ2n) is 6.74. The molecule has 1 aliphatic rings. The van der Waals surface area contributed by atoms with Crippen molar-refractivity contribution in [3.63, 3.8) is 0 Å². The van der Waals surface area contributed by atoms with Crippen LogP contribution in [0.25, 0.3) is 22.0 Å². The van der Waals surface area contributed by atoms with Gasteiger partial charge in [0.15, 0.2) is 0 Å². The van der Waals surface area contributed by atoms with E-state index in [0.717, 1.165) is 22.0 Å². The van der Waals surface area contributed by atoms with E-state index in [1.165, 1.54) is 12.8 Å². The van der Waals surface area contributed by atoms with Crippen molar-refractivity contribution >= 4 is 34.4 Å². The number of ether oxygens (including phenoxy) is 1. The van der Waals surface area contributed by atoms with Crippen LogP contribution in [-0.2, 0) is 5.88 Å². The molecule has 0 unspecified atom stereocenters. The Morgan fingerprint density at radius 3 is 2.59 bits per heavy atom. The predicted molar refractivity (Wildman–Crippen MR) is 106 cm³/mol. The van der Waals surface area contributed by atoms with Crippen molar-refractivity contribution in [3.8, 4) is 17.0 Å². The highest BCUT2D eigenvalue weighted by Crippen LogP contribution is 2.33. The van der Waals surface area contributed by atoms with Gasteiger partial charge in [-0.3, -0.25) is 4.79 Å². The third-order valence-corrected chi connectivity index (χ3v) is 4.97. The number of rotatable bonds is 6. The number of nitrogens with zero attached hydrogens (tertiary/aromatic N) is 2. The quantitative estimate of drug-likeness (QED) is 0.635. The van der Waals surface area contributed by atoms with Crippen LogP contribution in [-0.4, -0.2) is 22.5 Å². The number of nitrogens with two attached hydrogens (primary N) is 2. The van der Waals surface area contributed by atoms with Crippen LogP contribution in [0.3, 0.4) is 0 Å². The molecule has 1 heterocycles. The fraction of sp³-hybridized carbons (Fsp3) is 0.250. The van der Waals surface area contributed by atoms with Gasteiger partial charge in [-0.25, -0.2) is 4.98 Å². The number of fused-ring (bicyclic) bond motifs is 1. The zero-order chi connectivity index (χ0) is 19.0. The molecular formula is C20H19ClN4O2. The van der Waals surface area contributed by atoms with Gasteiger partial charge in [0.25, 0.3) is 0 Å². The van der Waals surface area contributed by atoms with Gasteiger partial charge in [-0.2, -0.15) is 4.98 Å². The Morgan fingerprint density at radius 2 is 1.89 bits per heavy atom. The number of carbonyl (C=O) groups excluding carboxylic acids is 1. The lowest BCUT2D eigenvalue weighted by Gasteiger charge is -2.11. The molecule has 138 valence electrons. The van der Waals surface area contributed by atoms with E-state index < -0.39 is 5.91 Å². The highest BCUT2D eigenvalue weighted by molar-refractivity contribution is 6.17. The molecule has 0 bridgehead atoms. The molecule has 0 radical (unpaired) electrons. The van der Waals surface area contributed by atoms with Gasteiger partial charge in [-0.1, -0.05) is 12.1 Å². The van der Waals surface area contributed by atoms with E-state index in [9.17, 15) is 4.79 Å². The summed E-state index contributed by atoms with van der Waals surface area (Å²) >= 11 is 5.99. The number of hydrogen-bond donors (Lipinski definition) is 2. The van der Waals surface area contributed by atoms with Crippen molar-refractivity contribution < 1.29 is 9.53 Å². The van der Waals surface area contributed by atoms with E-state index in [4.69, 9.17) is 27.8 Å². The highest BCUT2D eigenvalue weighted by atomic mass is 35.5. The summed E-state index contributed by atoms with van der Waals surface area (Å²) in [6, 6.07) is 11.2. The molecule has 4 rings (SSSR count). The van der Waals surface area contributed by atoms with E-state index in [2.05, 4.69) is 9.97 Å². The van der Waals surface area contributed by atoms with Crippen LogP contribution in [0.15, 0.2) is 36.4 Å². The Morgan fingerprint density at radius 1 is 1.15 bits per heavy atom. The number of halogens is 1. The monoisotopic (exact) mass is 382 g/mol. The second kappa shape index (κ2) is 7.04. The average molecular weight is 383 g/mol. The van der Waals surface area contributed by atoms with E-state index in [1.54, 1.807) is 6.07 Å². The third kappa shape index (κ3) is 3.66. The van der Waals surface area contributed by atoms with E-state index in [1.807, 2.05) is 30.3 Å². The van der Waals surface area contributed by atoms with Crippen LogP contribution in [0.5, 0.6) is 5.88 Å². The molecule has 1 aromatic heterocycles. The number of amides is 1. The molecule has 1 amide bonds. The first-order valence-corrected chi connectivity index (χ1v) is 9.27. The molecule has 1 aliphatic carbocycles. The summed E-state index contributed by atoms with van der Waals surface area (Å²) in [6.07, 6.45) is 2.38. The minimum atomic E-state index is -0.490. The molecule has 7 heteroatoms. The zero-order valence-electron chi connectivity index (χ0n) is 14.6. The first-order valence-electron chi connectivity index (χ1n) is 8.74. The molecule has 2 aromatic carbocycles. The topological polar surface area (TPSA) is 104 Å². The standard InChI is InChI=1S/C20H19ClN4O2/c21-9-14-7-12(3-5-15(14)18(22)26)13-4-6-17-16(8-13)19(25-20(23)24-17)27-10-11-1-2-11/h3-8,11H,1-2,9-10H2,(H2,22,26)(H2,23,24,25). The number of alkyl halides is 1. The summed E-state index contributed by atoms with van der Waals surface area (Å²) in [7, 11) is 0. The Labute approximate surface area is 161 Å². The third-order valence-electron chi connectivity index (χ3n) is 4.68. The van der Waals surface area contributed by atoms with Crippen molar-refractivity contribution in [1.29, 1.82) is 0 Å². The molecule has 6 nitrogen and oxygen atoms in total. The summed E-state index contributed by atoms with van der Waals surface area (Å²) in [5.74, 6) is 1.01.